The number of alkyl halides is 1. The molecule has 0 aliphatic heterocycles. The fourth-order valence-electron chi connectivity index (χ4n) is 1.91. The highest BCUT2D eigenvalue weighted by Gasteiger charge is 2.24. The van der Waals surface area contributed by atoms with Crippen molar-refractivity contribution in [3.63, 3.8) is 0 Å². The van der Waals surface area contributed by atoms with Gasteiger partial charge in [-0.3, -0.25) is 4.79 Å². The molecule has 2 N–H and O–H groups in total. The zero-order chi connectivity index (χ0) is 16.8. The molecule has 0 saturated carbocycles. The van der Waals surface area contributed by atoms with Gasteiger partial charge in [-0.05, 0) is 31.9 Å². The van der Waals surface area contributed by atoms with E-state index in [0.717, 1.165) is 11.1 Å². The Balaban J connectivity index is 2.80. The molecule has 0 aliphatic carbocycles. The Hall–Kier alpha value is -1.75. The largest absolute Gasteiger partial charge is 0.444 e. The quantitative estimate of drug-likeness (QED) is 0.817. The second-order valence-electron chi connectivity index (χ2n) is 5.97. The van der Waals surface area contributed by atoms with Gasteiger partial charge in [0.15, 0.2) is 0 Å². The number of hydrogen-bond acceptors (Lipinski definition) is 3. The van der Waals surface area contributed by atoms with Crippen LogP contribution in [0.25, 0.3) is 0 Å². The zero-order valence-electron chi connectivity index (χ0n) is 13.4. The van der Waals surface area contributed by atoms with Crippen molar-refractivity contribution in [3.8, 4) is 0 Å². The van der Waals surface area contributed by atoms with Gasteiger partial charge in [0.05, 0.1) is 0 Å². The third kappa shape index (κ3) is 6.35. The highest BCUT2D eigenvalue weighted by Crippen LogP contribution is 2.11. The molecule has 0 aliphatic rings. The number of halogens is 1. The first-order valence-electron chi connectivity index (χ1n) is 7.10. The maximum Gasteiger partial charge on any atom is 0.408 e. The minimum Gasteiger partial charge on any atom is -0.444 e. The number of amides is 2. The summed E-state index contributed by atoms with van der Waals surface area (Å²) in [7, 11) is 1.53. The number of benzene rings is 1. The number of hydrogen-bond donors (Lipinski definition) is 2. The minimum atomic E-state index is -0.703. The van der Waals surface area contributed by atoms with Crippen LogP contribution in [0.1, 0.15) is 31.9 Å². The van der Waals surface area contributed by atoms with Crippen LogP contribution in [0.3, 0.4) is 0 Å². The highest BCUT2D eigenvalue weighted by atomic mass is 35.5. The van der Waals surface area contributed by atoms with E-state index in [9.17, 15) is 9.59 Å². The van der Waals surface area contributed by atoms with Gasteiger partial charge in [0, 0.05) is 19.3 Å². The first-order chi connectivity index (χ1) is 10.2. The number of rotatable bonds is 5. The van der Waals surface area contributed by atoms with Crippen LogP contribution in [0.15, 0.2) is 24.3 Å². The lowest BCUT2D eigenvalue weighted by atomic mass is 10.0. The molecular formula is C16H23ClN2O3. The van der Waals surface area contributed by atoms with E-state index in [-0.39, 0.29) is 5.91 Å². The molecule has 1 rings (SSSR count). The van der Waals surface area contributed by atoms with Crippen LogP contribution in [0.2, 0.25) is 0 Å². The molecule has 22 heavy (non-hydrogen) atoms. The molecule has 5 nitrogen and oxygen atoms in total. The van der Waals surface area contributed by atoms with Gasteiger partial charge >= 0.3 is 6.09 Å². The normalized spacial score (nSPS) is 12.4. The maximum atomic E-state index is 12.0. The van der Waals surface area contributed by atoms with Crippen LogP contribution in [0, 0.1) is 0 Å². The Morgan fingerprint density at radius 1 is 1.27 bits per heavy atom. The van der Waals surface area contributed by atoms with Crippen LogP contribution < -0.4 is 10.6 Å². The number of nitrogens with one attached hydrogen (secondary N) is 2. The summed E-state index contributed by atoms with van der Waals surface area (Å²) in [5, 5.41) is 5.15. The van der Waals surface area contributed by atoms with Crippen LogP contribution in [0.5, 0.6) is 0 Å². The van der Waals surface area contributed by atoms with Crippen molar-refractivity contribution in [1.82, 2.24) is 10.6 Å². The van der Waals surface area contributed by atoms with Crippen molar-refractivity contribution in [3.05, 3.63) is 35.4 Å². The van der Waals surface area contributed by atoms with E-state index in [0.29, 0.717) is 12.3 Å². The Labute approximate surface area is 136 Å². The maximum absolute atomic E-state index is 12.0. The predicted octanol–water partition coefficient (Wildman–Crippen LogP) is 2.61. The Kier molecular flexibility index (Phi) is 6.68. The van der Waals surface area contributed by atoms with E-state index in [1.165, 1.54) is 7.05 Å². The molecule has 122 valence electrons. The van der Waals surface area contributed by atoms with Crippen molar-refractivity contribution in [2.45, 2.75) is 44.7 Å². The second kappa shape index (κ2) is 8.03. The molecule has 0 saturated heterocycles. The summed E-state index contributed by atoms with van der Waals surface area (Å²) in [4.78, 5) is 23.8. The predicted molar refractivity (Wildman–Crippen MR) is 86.9 cm³/mol. The smallest absolute Gasteiger partial charge is 0.408 e. The number of carbonyl (C=O) groups is 2. The number of carbonyl (C=O) groups excluding carboxylic acids is 2. The molecule has 2 amide bonds. The standard InChI is InChI=1S/C16H23ClN2O3/c1-16(2,3)22-15(21)19-13(14(20)18-4)9-11-6-5-7-12(8-11)10-17/h5-8,13H,9-10H2,1-4H3,(H,18,20)(H,19,21). The SMILES string of the molecule is CNC(=O)C(Cc1cccc(CCl)c1)NC(=O)OC(C)(C)C. The molecule has 1 aromatic rings. The molecule has 0 aromatic heterocycles. The molecule has 0 bridgehead atoms. The van der Waals surface area contributed by atoms with E-state index < -0.39 is 17.7 Å². The van der Waals surface area contributed by atoms with Crippen LogP contribution in [-0.2, 0) is 21.8 Å². The minimum absolute atomic E-state index is 0.276. The summed E-state index contributed by atoms with van der Waals surface area (Å²) in [6.45, 7) is 5.31. The Morgan fingerprint density at radius 3 is 2.45 bits per heavy atom. The van der Waals surface area contributed by atoms with Crippen molar-refractivity contribution >= 4 is 23.6 Å². The Bertz CT molecular complexity index is 526. The molecule has 0 spiro atoms. The van der Waals surface area contributed by atoms with Gasteiger partial charge in [0.2, 0.25) is 5.91 Å². The van der Waals surface area contributed by atoms with Gasteiger partial charge in [0.1, 0.15) is 11.6 Å². The van der Waals surface area contributed by atoms with Crippen LogP contribution >= 0.6 is 11.6 Å². The fraction of sp³-hybridized carbons (Fsp3) is 0.500. The van der Waals surface area contributed by atoms with Crippen molar-refractivity contribution in [1.29, 1.82) is 0 Å². The molecule has 0 fully saturated rings. The van der Waals surface area contributed by atoms with Crippen molar-refractivity contribution in [2.24, 2.45) is 0 Å². The third-order valence-electron chi connectivity index (χ3n) is 2.84. The number of alkyl carbamates (subject to hydrolysis) is 1. The molecular weight excluding hydrogens is 304 g/mol. The molecule has 0 heterocycles. The van der Waals surface area contributed by atoms with Gasteiger partial charge in [0.25, 0.3) is 0 Å². The van der Waals surface area contributed by atoms with Crippen LogP contribution in [-0.4, -0.2) is 30.7 Å². The summed E-state index contributed by atoms with van der Waals surface area (Å²) in [6, 6.07) is 6.89. The molecule has 6 heteroatoms. The first kappa shape index (κ1) is 18.3. The monoisotopic (exact) mass is 326 g/mol. The topological polar surface area (TPSA) is 67.4 Å². The van der Waals surface area contributed by atoms with Gasteiger partial charge in [-0.2, -0.15) is 0 Å². The van der Waals surface area contributed by atoms with Crippen molar-refractivity contribution < 1.29 is 14.3 Å². The summed E-state index contributed by atoms with van der Waals surface area (Å²) in [6.07, 6.45) is -0.251. The van der Waals surface area contributed by atoms with Gasteiger partial charge in [-0.1, -0.05) is 24.3 Å². The molecule has 0 radical (unpaired) electrons. The lowest BCUT2D eigenvalue weighted by Crippen LogP contribution is -2.48. The van der Waals surface area contributed by atoms with Crippen molar-refractivity contribution in [2.75, 3.05) is 7.05 Å². The van der Waals surface area contributed by atoms with E-state index >= 15 is 0 Å². The summed E-state index contributed by atoms with van der Waals surface area (Å²) in [5.74, 6) is 0.125. The molecule has 1 aromatic carbocycles. The number of ether oxygens (including phenoxy) is 1. The fourth-order valence-corrected chi connectivity index (χ4v) is 2.08. The summed E-state index contributed by atoms with van der Waals surface area (Å²) < 4.78 is 5.19. The average Bonchev–Trinajstić information content (AvgIpc) is 2.44. The van der Waals surface area contributed by atoms with Gasteiger partial charge < -0.3 is 15.4 Å². The molecule has 1 atom stereocenters. The lowest BCUT2D eigenvalue weighted by Gasteiger charge is -2.23. The zero-order valence-corrected chi connectivity index (χ0v) is 14.2. The summed E-state index contributed by atoms with van der Waals surface area (Å²) in [5.41, 5.74) is 1.27. The van der Waals surface area contributed by atoms with E-state index in [4.69, 9.17) is 16.3 Å². The van der Waals surface area contributed by atoms with E-state index in [1.54, 1.807) is 20.8 Å². The third-order valence-corrected chi connectivity index (χ3v) is 3.15. The van der Waals surface area contributed by atoms with E-state index in [1.807, 2.05) is 24.3 Å². The summed E-state index contributed by atoms with van der Waals surface area (Å²) >= 11 is 5.81. The van der Waals surface area contributed by atoms with Crippen LogP contribution in [0.4, 0.5) is 4.79 Å². The second-order valence-corrected chi connectivity index (χ2v) is 6.24. The first-order valence-corrected chi connectivity index (χ1v) is 7.63. The lowest BCUT2D eigenvalue weighted by molar-refractivity contribution is -0.122. The van der Waals surface area contributed by atoms with Gasteiger partial charge in [-0.25, -0.2) is 4.79 Å². The van der Waals surface area contributed by atoms with Gasteiger partial charge in [-0.15, -0.1) is 11.6 Å². The Morgan fingerprint density at radius 2 is 1.91 bits per heavy atom. The average molecular weight is 327 g/mol. The highest BCUT2D eigenvalue weighted by molar-refractivity contribution is 6.17. The van der Waals surface area contributed by atoms with E-state index in [2.05, 4.69) is 10.6 Å². The number of likely N-dealkylation sites (N-methyl/N-ethyl adjacent to an activating group) is 1. The molecule has 1 unspecified atom stereocenters.